The summed E-state index contributed by atoms with van der Waals surface area (Å²) in [4.78, 5) is 28.0. The highest BCUT2D eigenvalue weighted by Gasteiger charge is 2.26. The number of aromatic nitrogens is 1. The number of nitrogens with one attached hydrogen (secondary N) is 2. The second-order valence-corrected chi connectivity index (χ2v) is 6.81. The number of rotatable bonds is 6. The molecule has 1 rings (SSSR count). The van der Waals surface area contributed by atoms with E-state index in [0.717, 1.165) is 10.7 Å². The first-order chi connectivity index (χ1) is 9.63. The largest absolute Gasteiger partial charge is 0.346 e. The van der Waals surface area contributed by atoms with Gasteiger partial charge in [-0.3, -0.25) is 9.59 Å². The second kappa shape index (κ2) is 10.1. The molecular weight excluding hydrogens is 359 g/mol. The first-order valence-electron chi connectivity index (χ1n) is 6.90. The summed E-state index contributed by atoms with van der Waals surface area (Å²) in [5.74, 6) is -0.553. The molecule has 23 heavy (non-hydrogen) atoms. The van der Waals surface area contributed by atoms with Gasteiger partial charge in [0.05, 0.1) is 18.1 Å². The van der Waals surface area contributed by atoms with Crippen LogP contribution in [0.4, 0.5) is 0 Å². The van der Waals surface area contributed by atoms with Crippen LogP contribution in [0.1, 0.15) is 38.4 Å². The Morgan fingerprint density at radius 3 is 2.35 bits per heavy atom. The van der Waals surface area contributed by atoms with Crippen molar-refractivity contribution in [3.05, 3.63) is 16.1 Å². The molecule has 0 radical (unpaired) electrons. The first kappa shape index (κ1) is 24.4. The fraction of sp³-hybridized carbons (Fsp3) is 0.643. The summed E-state index contributed by atoms with van der Waals surface area (Å²) in [5, 5.41) is 8.18. The van der Waals surface area contributed by atoms with Crippen LogP contribution in [-0.2, 0) is 15.1 Å². The van der Waals surface area contributed by atoms with Gasteiger partial charge in [0, 0.05) is 11.1 Å². The SMILES string of the molecule is Cc1csc(C(C)(C)NC(=O)CNC(=O)[C@@H](N)C(C)C)n1.Cl.Cl. The molecule has 0 bridgehead atoms. The Morgan fingerprint density at radius 2 is 1.91 bits per heavy atom. The molecule has 4 N–H and O–H groups in total. The molecule has 0 aliphatic heterocycles. The number of carbonyl (C=O) groups excluding carboxylic acids is 2. The predicted molar refractivity (Wildman–Crippen MR) is 98.3 cm³/mol. The number of aryl methyl sites for hydroxylation is 1. The number of nitrogens with two attached hydrogens (primary N) is 1. The Hall–Kier alpha value is -0.890. The van der Waals surface area contributed by atoms with Crippen LogP contribution in [0.15, 0.2) is 5.38 Å². The molecule has 9 heteroatoms. The lowest BCUT2D eigenvalue weighted by atomic mass is 10.1. The van der Waals surface area contributed by atoms with E-state index in [4.69, 9.17) is 5.73 Å². The molecule has 0 spiro atoms. The summed E-state index contributed by atoms with van der Waals surface area (Å²) >= 11 is 1.50. The number of nitrogens with zero attached hydrogens (tertiary/aromatic N) is 1. The lowest BCUT2D eigenvalue weighted by molar-refractivity contribution is -0.128. The molecule has 1 heterocycles. The summed E-state index contributed by atoms with van der Waals surface area (Å²) < 4.78 is 0. The Kier molecular flexibility index (Phi) is 10.7. The maximum atomic E-state index is 11.9. The van der Waals surface area contributed by atoms with E-state index in [-0.39, 0.29) is 49.1 Å². The smallest absolute Gasteiger partial charge is 0.240 e. The average molecular weight is 385 g/mol. The van der Waals surface area contributed by atoms with Crippen LogP contribution in [0, 0.1) is 12.8 Å². The van der Waals surface area contributed by atoms with Gasteiger partial charge in [-0.15, -0.1) is 36.2 Å². The van der Waals surface area contributed by atoms with E-state index in [1.54, 1.807) is 0 Å². The van der Waals surface area contributed by atoms with E-state index in [0.29, 0.717) is 0 Å². The molecular formula is C14H26Cl2N4O2S. The molecule has 1 aromatic heterocycles. The van der Waals surface area contributed by atoms with Crippen molar-refractivity contribution in [2.24, 2.45) is 11.7 Å². The zero-order valence-electron chi connectivity index (χ0n) is 14.0. The zero-order chi connectivity index (χ0) is 16.2. The number of thiazole rings is 1. The number of amides is 2. The fourth-order valence-electron chi connectivity index (χ4n) is 1.68. The van der Waals surface area contributed by atoms with Crippen molar-refractivity contribution in [1.29, 1.82) is 0 Å². The molecule has 0 aromatic carbocycles. The standard InChI is InChI=1S/C14H24N4O2S.2ClH/c1-8(2)11(15)12(20)16-6-10(19)18-14(4,5)13-17-9(3)7-21-13;;/h7-8,11H,6,15H2,1-5H3,(H,16,20)(H,18,19);2*1H/t11-;;/m0../s1. The maximum Gasteiger partial charge on any atom is 0.240 e. The Morgan fingerprint density at radius 1 is 1.35 bits per heavy atom. The van der Waals surface area contributed by atoms with Gasteiger partial charge < -0.3 is 16.4 Å². The Labute approximate surface area is 153 Å². The van der Waals surface area contributed by atoms with E-state index in [1.807, 2.05) is 40.0 Å². The third-order valence-corrected chi connectivity index (χ3v) is 4.33. The van der Waals surface area contributed by atoms with Crippen LogP contribution in [0.3, 0.4) is 0 Å². The Bertz CT molecular complexity index is 521. The second-order valence-electron chi connectivity index (χ2n) is 5.95. The molecule has 1 aromatic rings. The molecule has 0 fully saturated rings. The predicted octanol–water partition coefficient (Wildman–Crippen LogP) is 1.75. The molecule has 134 valence electrons. The summed E-state index contributed by atoms with van der Waals surface area (Å²) in [6, 6.07) is -0.604. The highest BCUT2D eigenvalue weighted by atomic mass is 35.5. The molecule has 0 unspecified atom stereocenters. The molecule has 0 saturated carbocycles. The minimum Gasteiger partial charge on any atom is -0.346 e. The van der Waals surface area contributed by atoms with Crippen LogP contribution >= 0.6 is 36.2 Å². The highest BCUT2D eigenvalue weighted by molar-refractivity contribution is 7.09. The summed E-state index contributed by atoms with van der Waals surface area (Å²) in [6.07, 6.45) is 0. The van der Waals surface area contributed by atoms with Crippen LogP contribution in [0.2, 0.25) is 0 Å². The molecule has 2 amide bonds. The monoisotopic (exact) mass is 384 g/mol. The third-order valence-electron chi connectivity index (χ3n) is 3.05. The summed E-state index contributed by atoms with van der Waals surface area (Å²) in [7, 11) is 0. The lowest BCUT2D eigenvalue weighted by Crippen LogP contribution is -2.50. The van der Waals surface area contributed by atoms with Crippen molar-refractivity contribution in [3.8, 4) is 0 Å². The molecule has 0 saturated heterocycles. The minimum absolute atomic E-state index is 0. The van der Waals surface area contributed by atoms with Crippen LogP contribution in [0.25, 0.3) is 0 Å². The average Bonchev–Trinajstić information content (AvgIpc) is 2.82. The van der Waals surface area contributed by atoms with E-state index in [9.17, 15) is 9.59 Å². The van der Waals surface area contributed by atoms with Crippen LogP contribution < -0.4 is 16.4 Å². The van der Waals surface area contributed by atoms with Crippen molar-refractivity contribution in [2.45, 2.75) is 46.2 Å². The maximum absolute atomic E-state index is 11.9. The number of hydrogen-bond acceptors (Lipinski definition) is 5. The van der Waals surface area contributed by atoms with Crippen molar-refractivity contribution >= 4 is 48.0 Å². The third kappa shape index (κ3) is 7.48. The van der Waals surface area contributed by atoms with E-state index >= 15 is 0 Å². The van der Waals surface area contributed by atoms with Gasteiger partial charge in [-0.2, -0.15) is 0 Å². The quantitative estimate of drug-likeness (QED) is 0.695. The van der Waals surface area contributed by atoms with Gasteiger partial charge in [0.25, 0.3) is 0 Å². The van der Waals surface area contributed by atoms with E-state index in [1.165, 1.54) is 11.3 Å². The van der Waals surface area contributed by atoms with Crippen LogP contribution in [0.5, 0.6) is 0 Å². The topological polar surface area (TPSA) is 97.1 Å². The van der Waals surface area contributed by atoms with Crippen LogP contribution in [-0.4, -0.2) is 29.4 Å². The van der Waals surface area contributed by atoms with Crippen molar-refractivity contribution < 1.29 is 9.59 Å². The molecule has 0 aliphatic carbocycles. The van der Waals surface area contributed by atoms with E-state index < -0.39 is 11.6 Å². The number of hydrogen-bond donors (Lipinski definition) is 3. The van der Waals surface area contributed by atoms with Gasteiger partial charge in [-0.05, 0) is 26.7 Å². The van der Waals surface area contributed by atoms with Crippen molar-refractivity contribution in [3.63, 3.8) is 0 Å². The van der Waals surface area contributed by atoms with Crippen molar-refractivity contribution in [2.75, 3.05) is 6.54 Å². The number of carbonyl (C=O) groups is 2. The van der Waals surface area contributed by atoms with Gasteiger partial charge in [0.2, 0.25) is 11.8 Å². The zero-order valence-corrected chi connectivity index (χ0v) is 16.5. The van der Waals surface area contributed by atoms with E-state index in [2.05, 4.69) is 15.6 Å². The summed E-state index contributed by atoms with van der Waals surface area (Å²) in [5.41, 5.74) is 6.07. The van der Waals surface area contributed by atoms with Gasteiger partial charge in [0.1, 0.15) is 5.01 Å². The molecule has 1 atom stereocenters. The Balaban J connectivity index is 0. The molecule has 6 nitrogen and oxygen atoms in total. The van der Waals surface area contributed by atoms with Gasteiger partial charge in [-0.1, -0.05) is 13.8 Å². The number of halogens is 2. The highest BCUT2D eigenvalue weighted by Crippen LogP contribution is 2.23. The lowest BCUT2D eigenvalue weighted by Gasteiger charge is -2.24. The van der Waals surface area contributed by atoms with Gasteiger partial charge in [0.15, 0.2) is 0 Å². The van der Waals surface area contributed by atoms with Crippen molar-refractivity contribution in [1.82, 2.24) is 15.6 Å². The normalized spacial score (nSPS) is 12.0. The van der Waals surface area contributed by atoms with Gasteiger partial charge in [-0.25, -0.2) is 4.98 Å². The minimum atomic E-state index is -0.604. The van der Waals surface area contributed by atoms with Gasteiger partial charge >= 0.3 is 0 Å². The molecule has 0 aliphatic rings. The summed E-state index contributed by atoms with van der Waals surface area (Å²) in [6.45, 7) is 9.30. The first-order valence-corrected chi connectivity index (χ1v) is 7.78. The fourth-order valence-corrected chi connectivity index (χ4v) is 2.55.